The molecule has 0 aromatic heterocycles. The van der Waals surface area contributed by atoms with Gasteiger partial charge in [-0.2, -0.15) is 0 Å². The topological polar surface area (TPSA) is 41.5 Å². The molecule has 0 spiro atoms. The fourth-order valence-corrected chi connectivity index (χ4v) is 2.09. The highest BCUT2D eigenvalue weighted by Crippen LogP contribution is 2.25. The number of fused-ring (bicyclic) bond motifs is 2. The molecular formula is C11H11NO2. The number of aliphatic hydroxyl groups excluding tert-OH is 1. The lowest BCUT2D eigenvalue weighted by Crippen LogP contribution is -2.34. The molecule has 2 atom stereocenters. The molecule has 1 aromatic rings. The highest BCUT2D eigenvalue weighted by molar-refractivity contribution is 5.53. The van der Waals surface area contributed by atoms with Crippen LogP contribution in [-0.4, -0.2) is 11.4 Å². The van der Waals surface area contributed by atoms with Crippen LogP contribution in [0.3, 0.4) is 0 Å². The Balaban J connectivity index is 2.31. The molecule has 1 aliphatic carbocycles. The van der Waals surface area contributed by atoms with Crippen LogP contribution in [0.5, 0.6) is 0 Å². The summed E-state index contributed by atoms with van der Waals surface area (Å²) in [7, 11) is 0. The summed E-state index contributed by atoms with van der Waals surface area (Å²) in [4.78, 5) is 5.01. The van der Waals surface area contributed by atoms with Crippen molar-refractivity contribution in [3.8, 4) is 0 Å². The second kappa shape index (κ2) is 2.83. The van der Waals surface area contributed by atoms with Crippen LogP contribution in [0.25, 0.3) is 11.8 Å². The monoisotopic (exact) mass is 189 g/mol. The van der Waals surface area contributed by atoms with Gasteiger partial charge in [0.2, 0.25) is 0 Å². The van der Waals surface area contributed by atoms with Crippen LogP contribution in [-0.2, 0) is 4.84 Å². The Morgan fingerprint density at radius 1 is 1.36 bits per heavy atom. The minimum Gasteiger partial charge on any atom is -0.366 e. The maximum atomic E-state index is 9.52. The third-order valence-electron chi connectivity index (χ3n) is 2.85. The van der Waals surface area contributed by atoms with Crippen molar-refractivity contribution < 1.29 is 9.94 Å². The number of nitrogens with one attached hydrogen (secondary N) is 1. The zero-order valence-electron chi connectivity index (χ0n) is 7.60. The number of rotatable bonds is 0. The van der Waals surface area contributed by atoms with Crippen molar-refractivity contribution in [2.24, 2.45) is 5.92 Å². The van der Waals surface area contributed by atoms with Crippen molar-refractivity contribution >= 4 is 11.8 Å². The number of hydrogen-bond donors (Lipinski definition) is 2. The van der Waals surface area contributed by atoms with Gasteiger partial charge < -0.3 is 5.11 Å². The van der Waals surface area contributed by atoms with E-state index in [4.69, 9.17) is 4.84 Å². The molecule has 1 fully saturated rings. The molecule has 3 rings (SSSR count). The maximum Gasteiger partial charge on any atom is 0.189 e. The van der Waals surface area contributed by atoms with Crippen molar-refractivity contribution in [3.05, 3.63) is 34.7 Å². The summed E-state index contributed by atoms with van der Waals surface area (Å²) in [6.07, 6.45) is 2.26. The van der Waals surface area contributed by atoms with Crippen LogP contribution < -0.4 is 15.9 Å². The van der Waals surface area contributed by atoms with Crippen molar-refractivity contribution in [1.82, 2.24) is 5.48 Å². The minimum absolute atomic E-state index is 0.0740. The molecule has 2 N–H and O–H groups in total. The molecule has 2 unspecified atom stereocenters. The average molecular weight is 189 g/mol. The van der Waals surface area contributed by atoms with Gasteiger partial charge in [0.15, 0.2) is 6.29 Å². The van der Waals surface area contributed by atoms with Crippen LogP contribution in [0, 0.1) is 5.92 Å². The lowest BCUT2D eigenvalue weighted by molar-refractivity contribution is -0.115. The zero-order valence-corrected chi connectivity index (χ0v) is 7.60. The molecule has 3 heteroatoms. The molecule has 72 valence electrons. The van der Waals surface area contributed by atoms with Gasteiger partial charge in [0.1, 0.15) is 0 Å². The Labute approximate surface area is 81.3 Å². The molecule has 0 bridgehead atoms. The van der Waals surface area contributed by atoms with Gasteiger partial charge >= 0.3 is 0 Å². The minimum atomic E-state index is -0.713. The highest BCUT2D eigenvalue weighted by atomic mass is 16.7. The molecular weight excluding hydrogens is 178 g/mol. The third kappa shape index (κ3) is 0.997. The largest absolute Gasteiger partial charge is 0.366 e. The Kier molecular flexibility index (Phi) is 1.63. The molecule has 2 aliphatic rings. The molecule has 1 saturated heterocycles. The van der Waals surface area contributed by atoms with Gasteiger partial charge in [0.05, 0.1) is 11.6 Å². The summed E-state index contributed by atoms with van der Waals surface area (Å²) >= 11 is 0. The van der Waals surface area contributed by atoms with E-state index in [1.807, 2.05) is 18.2 Å². The summed E-state index contributed by atoms with van der Waals surface area (Å²) in [5.41, 5.74) is 3.82. The number of hydroxylamine groups is 1. The molecule has 14 heavy (non-hydrogen) atoms. The highest BCUT2D eigenvalue weighted by Gasteiger charge is 2.32. The molecule has 1 aromatic carbocycles. The normalized spacial score (nSPS) is 28.8. The summed E-state index contributed by atoms with van der Waals surface area (Å²) in [6.45, 7) is 0. The van der Waals surface area contributed by atoms with Gasteiger partial charge in [-0.25, -0.2) is 4.84 Å². The van der Waals surface area contributed by atoms with Gasteiger partial charge in [-0.05, 0) is 11.6 Å². The van der Waals surface area contributed by atoms with E-state index in [1.165, 1.54) is 5.22 Å². The molecule has 0 radical (unpaired) electrons. The Bertz CT molecular complexity index is 480. The molecule has 0 saturated carbocycles. The van der Waals surface area contributed by atoms with Crippen molar-refractivity contribution in [3.63, 3.8) is 0 Å². The fraction of sp³-hybridized carbons (Fsp3) is 0.273. The Hall–Kier alpha value is -1.32. The molecule has 1 aliphatic heterocycles. The van der Waals surface area contributed by atoms with E-state index in [1.54, 1.807) is 0 Å². The van der Waals surface area contributed by atoms with E-state index in [0.717, 1.165) is 17.3 Å². The summed E-state index contributed by atoms with van der Waals surface area (Å²) in [6, 6.07) is 8.13. The first-order chi connectivity index (χ1) is 6.86. The first-order valence-corrected chi connectivity index (χ1v) is 4.75. The van der Waals surface area contributed by atoms with Crippen molar-refractivity contribution in [1.29, 1.82) is 0 Å². The van der Waals surface area contributed by atoms with E-state index in [9.17, 15) is 5.11 Å². The van der Waals surface area contributed by atoms with Crippen LogP contribution in [0.4, 0.5) is 0 Å². The van der Waals surface area contributed by atoms with E-state index in [2.05, 4.69) is 17.6 Å². The third-order valence-corrected chi connectivity index (χ3v) is 2.85. The Morgan fingerprint density at radius 2 is 2.21 bits per heavy atom. The van der Waals surface area contributed by atoms with Gasteiger partial charge in [-0.15, -0.1) is 0 Å². The van der Waals surface area contributed by atoms with Crippen LogP contribution in [0.1, 0.15) is 6.42 Å². The average Bonchev–Trinajstić information content (AvgIpc) is 2.61. The standard InChI is InChI=1S/C11H11NO2/c13-11-9-6-5-7-3-1-2-4-8(7)10(9)12-14-11/h1-5,9,11-13H,6H2. The summed E-state index contributed by atoms with van der Waals surface area (Å²) in [5, 5.41) is 11.9. The second-order valence-corrected chi connectivity index (χ2v) is 3.66. The lowest BCUT2D eigenvalue weighted by atomic mass is 9.94. The molecule has 1 heterocycles. The van der Waals surface area contributed by atoms with Crippen LogP contribution in [0.15, 0.2) is 24.3 Å². The zero-order chi connectivity index (χ0) is 9.54. The maximum absolute atomic E-state index is 9.52. The number of aliphatic hydroxyl groups is 1. The number of benzene rings is 1. The molecule has 0 amide bonds. The summed E-state index contributed by atoms with van der Waals surface area (Å²) in [5.74, 6) is 0.0740. The van der Waals surface area contributed by atoms with Gasteiger partial charge in [0.25, 0.3) is 0 Å². The van der Waals surface area contributed by atoms with Crippen LogP contribution in [0.2, 0.25) is 0 Å². The first-order valence-electron chi connectivity index (χ1n) is 4.75. The predicted molar refractivity (Wildman–Crippen MR) is 51.9 cm³/mol. The quantitative estimate of drug-likeness (QED) is 0.575. The van der Waals surface area contributed by atoms with E-state index < -0.39 is 6.29 Å². The van der Waals surface area contributed by atoms with E-state index >= 15 is 0 Å². The predicted octanol–water partition coefficient (Wildman–Crippen LogP) is -0.552. The van der Waals surface area contributed by atoms with Gasteiger partial charge in [-0.1, -0.05) is 30.3 Å². The number of hydrogen-bond acceptors (Lipinski definition) is 3. The van der Waals surface area contributed by atoms with Gasteiger partial charge in [0, 0.05) is 5.22 Å². The van der Waals surface area contributed by atoms with Crippen molar-refractivity contribution in [2.75, 3.05) is 0 Å². The second-order valence-electron chi connectivity index (χ2n) is 3.66. The molecule has 3 nitrogen and oxygen atoms in total. The smallest absolute Gasteiger partial charge is 0.189 e. The summed E-state index contributed by atoms with van der Waals surface area (Å²) < 4.78 is 0. The van der Waals surface area contributed by atoms with E-state index in [-0.39, 0.29) is 5.92 Å². The van der Waals surface area contributed by atoms with Crippen LogP contribution >= 0.6 is 0 Å². The Morgan fingerprint density at radius 3 is 3.14 bits per heavy atom. The van der Waals surface area contributed by atoms with Crippen molar-refractivity contribution in [2.45, 2.75) is 12.7 Å². The fourth-order valence-electron chi connectivity index (χ4n) is 2.09. The lowest BCUT2D eigenvalue weighted by Gasteiger charge is -2.13. The SMILES string of the molecule is OC1ONC2=c3ccccc3=CCC21. The van der Waals surface area contributed by atoms with E-state index in [0.29, 0.717) is 0 Å². The first kappa shape index (κ1) is 8.03. The van der Waals surface area contributed by atoms with Gasteiger partial charge in [-0.3, -0.25) is 5.48 Å².